The molecule has 8 heteroatoms. The van der Waals surface area contributed by atoms with Gasteiger partial charge < -0.3 is 10.1 Å². The van der Waals surface area contributed by atoms with Crippen molar-refractivity contribution in [3.05, 3.63) is 69.8 Å². The highest BCUT2D eigenvalue weighted by molar-refractivity contribution is 7.80. The molecular weight excluding hydrogens is 364 g/mol. The number of rotatable bonds is 9. The molecule has 27 heavy (non-hydrogen) atoms. The first-order valence-corrected chi connectivity index (χ1v) is 9.02. The van der Waals surface area contributed by atoms with Gasteiger partial charge in [0.1, 0.15) is 5.75 Å². The lowest BCUT2D eigenvalue weighted by atomic mass is 10.2. The van der Waals surface area contributed by atoms with Crippen LogP contribution in [0, 0.1) is 10.1 Å². The Bertz CT molecular complexity index is 777. The highest BCUT2D eigenvalue weighted by atomic mass is 32.1. The summed E-state index contributed by atoms with van der Waals surface area (Å²) in [5.41, 5.74) is 4.56. The van der Waals surface area contributed by atoms with Gasteiger partial charge in [-0.2, -0.15) is 5.10 Å². The molecular formula is C19H22N4O3S. The van der Waals surface area contributed by atoms with Crippen molar-refractivity contribution in [1.82, 2.24) is 10.7 Å². The fraction of sp³-hybridized carbons (Fsp3) is 0.263. The van der Waals surface area contributed by atoms with Gasteiger partial charge >= 0.3 is 0 Å². The molecule has 0 radical (unpaired) electrons. The molecule has 2 aromatic carbocycles. The van der Waals surface area contributed by atoms with E-state index in [1.807, 2.05) is 24.3 Å². The monoisotopic (exact) mass is 386 g/mol. The summed E-state index contributed by atoms with van der Waals surface area (Å²) in [5.74, 6) is 0.862. The molecule has 7 nitrogen and oxygen atoms in total. The van der Waals surface area contributed by atoms with Gasteiger partial charge in [-0.25, -0.2) is 0 Å². The molecule has 0 bridgehead atoms. The third-order valence-corrected chi connectivity index (χ3v) is 3.86. The number of nitro benzene ring substituents is 1. The van der Waals surface area contributed by atoms with E-state index in [4.69, 9.17) is 17.0 Å². The van der Waals surface area contributed by atoms with E-state index in [1.54, 1.807) is 18.3 Å². The zero-order valence-corrected chi connectivity index (χ0v) is 15.9. The number of unbranched alkanes of at least 4 members (excludes halogenated alkanes) is 1. The first kappa shape index (κ1) is 20.3. The Labute approximate surface area is 163 Å². The van der Waals surface area contributed by atoms with Crippen LogP contribution in [0.2, 0.25) is 0 Å². The maximum atomic E-state index is 10.6. The van der Waals surface area contributed by atoms with Crippen LogP contribution >= 0.6 is 12.2 Å². The fourth-order valence-corrected chi connectivity index (χ4v) is 2.23. The molecule has 0 unspecified atom stereocenters. The zero-order valence-electron chi connectivity index (χ0n) is 15.1. The van der Waals surface area contributed by atoms with Crippen molar-refractivity contribution < 1.29 is 9.66 Å². The van der Waals surface area contributed by atoms with E-state index in [1.165, 1.54) is 12.1 Å². The molecule has 0 aliphatic carbocycles. The number of benzene rings is 2. The fourth-order valence-electron chi connectivity index (χ4n) is 2.11. The smallest absolute Gasteiger partial charge is 0.269 e. The number of hydrogen-bond donors (Lipinski definition) is 2. The lowest BCUT2D eigenvalue weighted by Crippen LogP contribution is -2.31. The molecule has 2 aromatic rings. The summed E-state index contributed by atoms with van der Waals surface area (Å²) in [5, 5.41) is 18.1. The van der Waals surface area contributed by atoms with E-state index in [9.17, 15) is 10.1 Å². The molecule has 0 saturated carbocycles. The van der Waals surface area contributed by atoms with Gasteiger partial charge in [-0.1, -0.05) is 25.5 Å². The van der Waals surface area contributed by atoms with Gasteiger partial charge in [-0.05, 0) is 54.0 Å². The normalized spacial score (nSPS) is 10.6. The average molecular weight is 386 g/mol. The molecule has 0 aliphatic heterocycles. The SMILES string of the molecule is CCCCOc1ccc(CNC(=S)N/N=C/c2ccc([N+](=O)[O-])cc2)cc1. The van der Waals surface area contributed by atoms with Crippen LogP contribution in [0.3, 0.4) is 0 Å². The van der Waals surface area contributed by atoms with Crippen molar-refractivity contribution in [1.29, 1.82) is 0 Å². The Kier molecular flexibility index (Phi) is 8.18. The van der Waals surface area contributed by atoms with E-state index in [2.05, 4.69) is 22.8 Å². The molecule has 2 N–H and O–H groups in total. The molecule has 0 aliphatic rings. The minimum atomic E-state index is -0.442. The average Bonchev–Trinajstić information content (AvgIpc) is 2.68. The van der Waals surface area contributed by atoms with Gasteiger partial charge in [-0.15, -0.1) is 0 Å². The Morgan fingerprint density at radius 2 is 1.93 bits per heavy atom. The van der Waals surface area contributed by atoms with E-state index >= 15 is 0 Å². The van der Waals surface area contributed by atoms with E-state index < -0.39 is 4.92 Å². The summed E-state index contributed by atoms with van der Waals surface area (Å²) >= 11 is 5.17. The minimum absolute atomic E-state index is 0.0408. The van der Waals surface area contributed by atoms with E-state index in [0.29, 0.717) is 11.7 Å². The predicted molar refractivity (Wildman–Crippen MR) is 110 cm³/mol. The number of thiocarbonyl (C=S) groups is 1. The van der Waals surface area contributed by atoms with Gasteiger partial charge in [0.2, 0.25) is 0 Å². The number of nitrogens with zero attached hydrogens (tertiary/aromatic N) is 2. The number of hydrazone groups is 1. The Morgan fingerprint density at radius 3 is 2.56 bits per heavy atom. The van der Waals surface area contributed by atoms with Crippen LogP contribution in [0.1, 0.15) is 30.9 Å². The van der Waals surface area contributed by atoms with E-state index in [0.717, 1.165) is 36.3 Å². The summed E-state index contributed by atoms with van der Waals surface area (Å²) in [7, 11) is 0. The number of hydrogen-bond acceptors (Lipinski definition) is 5. The molecule has 0 aromatic heterocycles. The van der Waals surface area contributed by atoms with Crippen LogP contribution in [-0.4, -0.2) is 22.9 Å². The lowest BCUT2D eigenvalue weighted by molar-refractivity contribution is -0.384. The second kappa shape index (κ2) is 10.9. The lowest BCUT2D eigenvalue weighted by Gasteiger charge is -2.09. The predicted octanol–water partition coefficient (Wildman–Crippen LogP) is 3.77. The largest absolute Gasteiger partial charge is 0.494 e. The van der Waals surface area contributed by atoms with Crippen LogP contribution in [0.25, 0.3) is 0 Å². The highest BCUT2D eigenvalue weighted by Gasteiger charge is 2.02. The second-order valence-electron chi connectivity index (χ2n) is 5.75. The first-order chi connectivity index (χ1) is 13.1. The highest BCUT2D eigenvalue weighted by Crippen LogP contribution is 2.13. The maximum Gasteiger partial charge on any atom is 0.269 e. The van der Waals surface area contributed by atoms with Crippen LogP contribution < -0.4 is 15.5 Å². The summed E-state index contributed by atoms with van der Waals surface area (Å²) in [4.78, 5) is 10.2. The molecule has 0 heterocycles. The van der Waals surface area contributed by atoms with Crippen molar-refractivity contribution in [2.75, 3.05) is 6.61 Å². The van der Waals surface area contributed by atoms with Crippen LogP contribution in [0.15, 0.2) is 53.6 Å². The van der Waals surface area contributed by atoms with E-state index in [-0.39, 0.29) is 5.69 Å². The Morgan fingerprint density at radius 1 is 1.22 bits per heavy atom. The number of ether oxygens (including phenoxy) is 1. The van der Waals surface area contributed by atoms with Crippen LogP contribution in [0.4, 0.5) is 5.69 Å². The van der Waals surface area contributed by atoms with Crippen LogP contribution in [0.5, 0.6) is 5.75 Å². The molecule has 142 valence electrons. The summed E-state index contributed by atoms with van der Waals surface area (Å²) in [6.45, 7) is 3.42. The molecule has 2 rings (SSSR count). The van der Waals surface area contributed by atoms with Crippen molar-refractivity contribution in [3.63, 3.8) is 0 Å². The van der Waals surface area contributed by atoms with Crippen molar-refractivity contribution in [2.24, 2.45) is 5.10 Å². The van der Waals surface area contributed by atoms with Gasteiger partial charge in [0, 0.05) is 18.7 Å². The van der Waals surface area contributed by atoms with Gasteiger partial charge in [0.15, 0.2) is 5.11 Å². The maximum absolute atomic E-state index is 10.6. The molecule has 0 amide bonds. The molecule has 0 atom stereocenters. The van der Waals surface area contributed by atoms with Crippen molar-refractivity contribution in [3.8, 4) is 5.75 Å². The minimum Gasteiger partial charge on any atom is -0.494 e. The van der Waals surface area contributed by atoms with Gasteiger partial charge in [0.05, 0.1) is 17.7 Å². The summed E-state index contributed by atoms with van der Waals surface area (Å²) in [6, 6.07) is 13.9. The van der Waals surface area contributed by atoms with Crippen molar-refractivity contribution >= 4 is 29.2 Å². The number of nitro groups is 1. The quantitative estimate of drug-likeness (QED) is 0.224. The van der Waals surface area contributed by atoms with Gasteiger partial charge in [-0.3, -0.25) is 15.5 Å². The first-order valence-electron chi connectivity index (χ1n) is 8.61. The zero-order chi connectivity index (χ0) is 19.5. The Balaban J connectivity index is 1.73. The van der Waals surface area contributed by atoms with Crippen LogP contribution in [-0.2, 0) is 6.54 Å². The Hall–Kier alpha value is -3.00. The molecule has 0 fully saturated rings. The third kappa shape index (κ3) is 7.41. The standard InChI is InChI=1S/C19H22N4O3S/c1-2-3-12-26-18-10-6-15(7-11-18)13-20-19(27)22-21-14-16-4-8-17(9-5-16)23(24)25/h4-11,14H,2-3,12-13H2,1H3,(H2,20,22,27)/b21-14+. The topological polar surface area (TPSA) is 88.8 Å². The molecule has 0 spiro atoms. The second-order valence-corrected chi connectivity index (χ2v) is 6.16. The summed E-state index contributed by atoms with van der Waals surface area (Å²) < 4.78 is 5.63. The number of non-ortho nitro benzene ring substituents is 1. The number of nitrogens with one attached hydrogen (secondary N) is 2. The van der Waals surface area contributed by atoms with Gasteiger partial charge in [0.25, 0.3) is 5.69 Å². The molecule has 0 saturated heterocycles. The third-order valence-electron chi connectivity index (χ3n) is 3.63. The van der Waals surface area contributed by atoms with Crippen molar-refractivity contribution in [2.45, 2.75) is 26.3 Å². The summed E-state index contributed by atoms with van der Waals surface area (Å²) in [6.07, 6.45) is 3.70.